The van der Waals surface area contributed by atoms with E-state index in [4.69, 9.17) is 16.3 Å². The summed E-state index contributed by atoms with van der Waals surface area (Å²) < 4.78 is 6.92. The van der Waals surface area contributed by atoms with Gasteiger partial charge < -0.3 is 19.7 Å². The largest absolute Gasteiger partial charge is 0.465 e. The van der Waals surface area contributed by atoms with E-state index < -0.39 is 0 Å². The number of hydrogen-bond donors (Lipinski definition) is 2. The maximum absolute atomic E-state index is 12.0. The molecule has 1 aliphatic heterocycles. The lowest BCUT2D eigenvalue weighted by Gasteiger charge is -2.29. The van der Waals surface area contributed by atoms with Crippen LogP contribution in [0.25, 0.3) is 10.9 Å². The number of aromatic nitrogens is 1. The van der Waals surface area contributed by atoms with Crippen molar-refractivity contribution in [1.82, 2.24) is 9.88 Å². The predicted octanol–water partition coefficient (Wildman–Crippen LogP) is 2.97. The molecule has 5 nitrogen and oxygen atoms in total. The highest BCUT2D eigenvalue weighted by Gasteiger charge is 2.22. The number of benzene rings is 1. The molecule has 2 aromatic rings. The lowest BCUT2D eigenvalue weighted by atomic mass is 9.97. The molecule has 1 aromatic carbocycles. The Kier molecular flexibility index (Phi) is 5.43. The molecular formula is C18H23ClN2O3. The molecule has 130 valence electrons. The minimum absolute atomic E-state index is 0.157. The molecule has 0 unspecified atom stereocenters. The molecule has 2 N–H and O–H groups in total. The van der Waals surface area contributed by atoms with Crippen LogP contribution in [0.3, 0.4) is 0 Å². The molecule has 0 bridgehead atoms. The van der Waals surface area contributed by atoms with Crippen LogP contribution >= 0.6 is 11.6 Å². The second-order valence-corrected chi connectivity index (χ2v) is 6.74. The van der Waals surface area contributed by atoms with Gasteiger partial charge in [0.15, 0.2) is 0 Å². The maximum atomic E-state index is 12.0. The quantitative estimate of drug-likeness (QED) is 0.814. The van der Waals surface area contributed by atoms with Crippen molar-refractivity contribution in [2.24, 2.45) is 0 Å². The number of aliphatic hydroxyl groups is 1. The number of methoxy groups -OCH3 is 1. The number of nitrogens with one attached hydrogen (secondary N) is 1. The molecule has 2 atom stereocenters. The summed E-state index contributed by atoms with van der Waals surface area (Å²) >= 11 is 6.12. The second kappa shape index (κ2) is 7.55. The van der Waals surface area contributed by atoms with Crippen LogP contribution in [-0.2, 0) is 11.3 Å². The molecule has 1 saturated heterocycles. The van der Waals surface area contributed by atoms with Crippen molar-refractivity contribution >= 4 is 28.5 Å². The van der Waals surface area contributed by atoms with Crippen molar-refractivity contribution in [3.63, 3.8) is 0 Å². The number of carbonyl (C=O) groups excluding carboxylic acids is 1. The first-order valence-electron chi connectivity index (χ1n) is 8.38. The summed E-state index contributed by atoms with van der Waals surface area (Å²) in [5, 5.41) is 14.9. The van der Waals surface area contributed by atoms with E-state index in [1.165, 1.54) is 7.11 Å². The van der Waals surface area contributed by atoms with Crippen molar-refractivity contribution in [3.8, 4) is 0 Å². The van der Waals surface area contributed by atoms with Crippen LogP contribution in [0.15, 0.2) is 24.4 Å². The number of ether oxygens (including phenoxy) is 1. The van der Waals surface area contributed by atoms with Crippen LogP contribution < -0.4 is 5.32 Å². The fourth-order valence-electron chi connectivity index (χ4n) is 3.43. The van der Waals surface area contributed by atoms with Crippen molar-refractivity contribution in [2.45, 2.75) is 44.4 Å². The van der Waals surface area contributed by atoms with Gasteiger partial charge in [-0.25, -0.2) is 4.79 Å². The first-order chi connectivity index (χ1) is 11.6. The third kappa shape index (κ3) is 3.58. The number of carbonyl (C=O) groups is 1. The van der Waals surface area contributed by atoms with E-state index in [1.54, 1.807) is 6.07 Å². The molecule has 3 rings (SSSR count). The number of aryl methyl sites for hydroxylation is 1. The van der Waals surface area contributed by atoms with E-state index in [9.17, 15) is 9.90 Å². The van der Waals surface area contributed by atoms with E-state index >= 15 is 0 Å². The second-order valence-electron chi connectivity index (χ2n) is 6.30. The average Bonchev–Trinajstić information content (AvgIpc) is 2.94. The molecule has 6 heteroatoms. The number of esters is 1. The Morgan fingerprint density at radius 3 is 3.08 bits per heavy atom. The lowest BCUT2D eigenvalue weighted by Crippen LogP contribution is -2.44. The van der Waals surface area contributed by atoms with E-state index in [1.807, 2.05) is 22.9 Å². The highest BCUT2D eigenvalue weighted by atomic mass is 35.5. The lowest BCUT2D eigenvalue weighted by molar-refractivity contribution is 0.0602. The Hall–Kier alpha value is -1.56. The molecule has 1 aromatic heterocycles. The Morgan fingerprint density at radius 2 is 2.33 bits per heavy atom. The molecule has 0 spiro atoms. The van der Waals surface area contributed by atoms with Crippen molar-refractivity contribution in [2.75, 3.05) is 13.7 Å². The number of piperidine rings is 1. The first-order valence-corrected chi connectivity index (χ1v) is 8.76. The van der Waals surface area contributed by atoms with Gasteiger partial charge in [-0.15, -0.1) is 0 Å². The normalized spacial score (nSPS) is 21.1. The van der Waals surface area contributed by atoms with Crippen molar-refractivity contribution in [3.05, 3.63) is 35.0 Å². The van der Waals surface area contributed by atoms with Gasteiger partial charge >= 0.3 is 5.97 Å². The third-order valence-corrected chi connectivity index (χ3v) is 4.95. The zero-order valence-electron chi connectivity index (χ0n) is 13.8. The van der Waals surface area contributed by atoms with Gasteiger partial charge in [0.1, 0.15) is 0 Å². The third-order valence-electron chi connectivity index (χ3n) is 4.71. The summed E-state index contributed by atoms with van der Waals surface area (Å²) in [5.74, 6) is -0.342. The van der Waals surface area contributed by atoms with E-state index in [0.29, 0.717) is 10.6 Å². The van der Waals surface area contributed by atoms with Gasteiger partial charge in [0.25, 0.3) is 0 Å². The number of rotatable bonds is 5. The van der Waals surface area contributed by atoms with Gasteiger partial charge in [-0.3, -0.25) is 0 Å². The summed E-state index contributed by atoms with van der Waals surface area (Å²) in [4.78, 5) is 12.0. The Labute approximate surface area is 146 Å². The van der Waals surface area contributed by atoms with Crippen LogP contribution in [0, 0.1) is 0 Å². The zero-order chi connectivity index (χ0) is 17.1. The molecule has 2 heterocycles. The van der Waals surface area contributed by atoms with E-state index in [-0.39, 0.29) is 18.1 Å². The molecule has 0 aliphatic carbocycles. The maximum Gasteiger partial charge on any atom is 0.340 e. The van der Waals surface area contributed by atoms with Gasteiger partial charge in [0.05, 0.1) is 24.3 Å². The Bertz CT molecular complexity index is 728. The highest BCUT2D eigenvalue weighted by molar-refractivity contribution is 6.31. The van der Waals surface area contributed by atoms with E-state index in [2.05, 4.69) is 5.32 Å². The zero-order valence-corrected chi connectivity index (χ0v) is 14.6. The predicted molar refractivity (Wildman–Crippen MR) is 94.6 cm³/mol. The summed E-state index contributed by atoms with van der Waals surface area (Å²) in [6, 6.07) is 5.66. The molecule has 1 fully saturated rings. The number of nitrogens with zero attached hydrogens (tertiary/aromatic N) is 1. The minimum atomic E-state index is -0.342. The molecule has 0 saturated carbocycles. The number of aliphatic hydroxyl groups excluding tert-OH is 1. The molecule has 24 heavy (non-hydrogen) atoms. The first kappa shape index (κ1) is 17.3. The Balaban J connectivity index is 1.76. The topological polar surface area (TPSA) is 63.5 Å². The van der Waals surface area contributed by atoms with Crippen molar-refractivity contribution in [1.29, 1.82) is 0 Å². The fourth-order valence-corrected chi connectivity index (χ4v) is 3.60. The van der Waals surface area contributed by atoms with Gasteiger partial charge in [0.2, 0.25) is 0 Å². The van der Waals surface area contributed by atoms with Crippen LogP contribution in [-0.4, -0.2) is 41.4 Å². The number of fused-ring (bicyclic) bond motifs is 1. The van der Waals surface area contributed by atoms with E-state index in [0.717, 1.165) is 49.7 Å². The van der Waals surface area contributed by atoms with Crippen LogP contribution in [0.4, 0.5) is 0 Å². The van der Waals surface area contributed by atoms with Gasteiger partial charge in [-0.1, -0.05) is 17.7 Å². The SMILES string of the molecule is COC(=O)c1cn(CCC[C@H]2NCCC[C@@H]2O)c2cc(Cl)ccc12. The molecular weight excluding hydrogens is 328 g/mol. The molecule has 0 amide bonds. The van der Waals surface area contributed by atoms with Gasteiger partial charge in [-0.05, 0) is 44.4 Å². The molecule has 0 radical (unpaired) electrons. The summed E-state index contributed by atoms with van der Waals surface area (Å²) in [6.45, 7) is 1.73. The average molecular weight is 351 g/mol. The van der Waals surface area contributed by atoms with Crippen LogP contribution in [0.2, 0.25) is 5.02 Å². The number of halogens is 1. The highest BCUT2D eigenvalue weighted by Crippen LogP contribution is 2.26. The smallest absolute Gasteiger partial charge is 0.340 e. The van der Waals surface area contributed by atoms with Gasteiger partial charge in [-0.2, -0.15) is 0 Å². The monoisotopic (exact) mass is 350 g/mol. The standard InChI is InChI=1S/C18H23ClN2O3/c1-24-18(23)14-11-21(16-10-12(19)6-7-13(14)16)9-3-4-15-17(22)5-2-8-20-15/h6-7,10-11,15,17,20,22H,2-5,8-9H2,1H3/t15-,17+/m1/s1. The minimum Gasteiger partial charge on any atom is -0.465 e. The van der Waals surface area contributed by atoms with Crippen molar-refractivity contribution < 1.29 is 14.6 Å². The molecule has 1 aliphatic rings. The number of hydrogen-bond acceptors (Lipinski definition) is 4. The van der Waals surface area contributed by atoms with Crippen LogP contribution in [0.1, 0.15) is 36.0 Å². The Morgan fingerprint density at radius 1 is 1.50 bits per heavy atom. The fraction of sp³-hybridized carbons (Fsp3) is 0.500. The summed E-state index contributed by atoms with van der Waals surface area (Å²) in [5.41, 5.74) is 1.49. The van der Waals surface area contributed by atoms with Crippen LogP contribution in [0.5, 0.6) is 0 Å². The summed E-state index contributed by atoms with van der Waals surface area (Å²) in [7, 11) is 1.39. The van der Waals surface area contributed by atoms with Gasteiger partial charge in [0, 0.05) is 29.2 Å². The summed E-state index contributed by atoms with van der Waals surface area (Å²) in [6.07, 6.45) is 5.27.